The van der Waals surface area contributed by atoms with Gasteiger partial charge in [-0.2, -0.15) is 0 Å². The summed E-state index contributed by atoms with van der Waals surface area (Å²) in [7, 11) is 0. The Hall–Kier alpha value is -0.0800. The first-order valence-corrected chi connectivity index (χ1v) is 8.92. The van der Waals surface area contributed by atoms with Crippen LogP contribution in [0, 0.1) is 5.92 Å². The van der Waals surface area contributed by atoms with Crippen LogP contribution in [0.3, 0.4) is 0 Å². The first-order chi connectivity index (χ1) is 9.77. The van der Waals surface area contributed by atoms with Gasteiger partial charge < -0.3 is 9.47 Å². The van der Waals surface area contributed by atoms with Gasteiger partial charge in [0.15, 0.2) is 0 Å². The van der Waals surface area contributed by atoms with Gasteiger partial charge in [-0.15, -0.1) is 0 Å². The fourth-order valence-corrected chi connectivity index (χ4v) is 2.23. The van der Waals surface area contributed by atoms with E-state index in [1.54, 1.807) is 0 Å². The molecule has 0 spiro atoms. The van der Waals surface area contributed by atoms with Crippen molar-refractivity contribution in [2.24, 2.45) is 5.92 Å². The molecule has 0 amide bonds. The lowest BCUT2D eigenvalue weighted by atomic mass is 10.1. The van der Waals surface area contributed by atoms with Crippen LogP contribution in [0.2, 0.25) is 0 Å². The second-order valence-corrected chi connectivity index (χ2v) is 6.26. The van der Waals surface area contributed by atoms with E-state index >= 15 is 0 Å². The van der Waals surface area contributed by atoms with Gasteiger partial charge >= 0.3 is 0 Å². The first-order valence-electron chi connectivity index (χ1n) is 8.92. The van der Waals surface area contributed by atoms with Crippen LogP contribution >= 0.6 is 0 Å². The molecule has 0 fully saturated rings. The van der Waals surface area contributed by atoms with Crippen molar-refractivity contribution < 1.29 is 9.47 Å². The molecule has 0 rings (SSSR count). The molecule has 0 aromatic carbocycles. The monoisotopic (exact) mass is 286 g/mol. The number of hydrogen-bond donors (Lipinski definition) is 0. The molecule has 0 N–H and O–H groups in total. The SMILES string of the molecule is CCCCCCCCCCCCOCCOCC(C)C. The summed E-state index contributed by atoms with van der Waals surface area (Å²) in [6.07, 6.45) is 13.8. The van der Waals surface area contributed by atoms with Gasteiger partial charge in [-0.1, -0.05) is 78.6 Å². The van der Waals surface area contributed by atoms with Crippen molar-refractivity contribution in [2.75, 3.05) is 26.4 Å². The van der Waals surface area contributed by atoms with Crippen molar-refractivity contribution in [3.8, 4) is 0 Å². The third-order valence-corrected chi connectivity index (χ3v) is 3.47. The van der Waals surface area contributed by atoms with Gasteiger partial charge in [0.2, 0.25) is 0 Å². The van der Waals surface area contributed by atoms with E-state index in [2.05, 4.69) is 20.8 Å². The maximum atomic E-state index is 5.56. The van der Waals surface area contributed by atoms with E-state index in [-0.39, 0.29) is 0 Å². The molecular weight excluding hydrogens is 248 g/mol. The Morgan fingerprint density at radius 1 is 0.600 bits per heavy atom. The summed E-state index contributed by atoms with van der Waals surface area (Å²) in [6, 6.07) is 0. The van der Waals surface area contributed by atoms with Crippen LogP contribution in [0.4, 0.5) is 0 Å². The second-order valence-electron chi connectivity index (χ2n) is 6.26. The van der Waals surface area contributed by atoms with Crippen molar-refractivity contribution in [2.45, 2.75) is 85.0 Å². The van der Waals surface area contributed by atoms with Crippen molar-refractivity contribution in [1.82, 2.24) is 0 Å². The van der Waals surface area contributed by atoms with Crippen LogP contribution in [-0.4, -0.2) is 26.4 Å². The summed E-state index contributed by atoms with van der Waals surface area (Å²) in [6.45, 7) is 9.87. The highest BCUT2D eigenvalue weighted by molar-refractivity contribution is 4.47. The van der Waals surface area contributed by atoms with E-state index in [4.69, 9.17) is 9.47 Å². The van der Waals surface area contributed by atoms with Crippen LogP contribution < -0.4 is 0 Å². The molecule has 0 saturated heterocycles. The summed E-state index contributed by atoms with van der Waals surface area (Å²) in [4.78, 5) is 0. The van der Waals surface area contributed by atoms with E-state index in [0.717, 1.165) is 26.4 Å². The average molecular weight is 286 g/mol. The summed E-state index contributed by atoms with van der Waals surface area (Å²) in [5.74, 6) is 0.622. The van der Waals surface area contributed by atoms with Gasteiger partial charge in [0.25, 0.3) is 0 Å². The standard InChI is InChI=1S/C18H38O2/c1-4-5-6-7-8-9-10-11-12-13-14-19-15-16-20-17-18(2)3/h18H,4-17H2,1-3H3. The summed E-state index contributed by atoms with van der Waals surface area (Å²) in [5, 5.41) is 0. The minimum Gasteiger partial charge on any atom is -0.379 e. The Morgan fingerprint density at radius 2 is 1.10 bits per heavy atom. The van der Waals surface area contributed by atoms with Crippen LogP contribution in [0.5, 0.6) is 0 Å². The van der Waals surface area contributed by atoms with Gasteiger partial charge in [0.1, 0.15) is 0 Å². The Bertz CT molecular complexity index is 169. The molecular formula is C18H38O2. The van der Waals surface area contributed by atoms with E-state index in [1.807, 2.05) is 0 Å². The smallest absolute Gasteiger partial charge is 0.0700 e. The van der Waals surface area contributed by atoms with Crippen LogP contribution in [0.25, 0.3) is 0 Å². The fraction of sp³-hybridized carbons (Fsp3) is 1.00. The predicted octanol–water partition coefficient (Wildman–Crippen LogP) is 5.60. The highest BCUT2D eigenvalue weighted by Gasteiger charge is 1.95. The third kappa shape index (κ3) is 17.9. The molecule has 0 aliphatic rings. The summed E-state index contributed by atoms with van der Waals surface area (Å²) < 4.78 is 11.0. The van der Waals surface area contributed by atoms with Crippen molar-refractivity contribution in [3.05, 3.63) is 0 Å². The molecule has 0 atom stereocenters. The van der Waals surface area contributed by atoms with Crippen molar-refractivity contribution in [1.29, 1.82) is 0 Å². The number of rotatable bonds is 16. The molecule has 122 valence electrons. The van der Waals surface area contributed by atoms with Gasteiger partial charge in [0.05, 0.1) is 13.2 Å². The first kappa shape index (κ1) is 19.9. The normalized spacial score (nSPS) is 11.4. The van der Waals surface area contributed by atoms with Crippen molar-refractivity contribution >= 4 is 0 Å². The topological polar surface area (TPSA) is 18.5 Å². The van der Waals surface area contributed by atoms with E-state index in [0.29, 0.717) is 5.92 Å². The minimum absolute atomic E-state index is 0.622. The quantitative estimate of drug-likeness (QED) is 0.344. The maximum absolute atomic E-state index is 5.56. The zero-order valence-corrected chi connectivity index (χ0v) is 14.3. The molecule has 2 heteroatoms. The molecule has 20 heavy (non-hydrogen) atoms. The van der Waals surface area contributed by atoms with Crippen LogP contribution in [-0.2, 0) is 9.47 Å². The van der Waals surface area contributed by atoms with Crippen LogP contribution in [0.1, 0.15) is 85.0 Å². The minimum atomic E-state index is 0.622. The van der Waals surface area contributed by atoms with E-state index < -0.39 is 0 Å². The Balaban J connectivity index is 2.92. The third-order valence-electron chi connectivity index (χ3n) is 3.47. The van der Waals surface area contributed by atoms with Gasteiger partial charge in [0, 0.05) is 13.2 Å². The van der Waals surface area contributed by atoms with Gasteiger partial charge in [-0.05, 0) is 12.3 Å². The van der Waals surface area contributed by atoms with Gasteiger partial charge in [-0.3, -0.25) is 0 Å². The number of ether oxygens (including phenoxy) is 2. The van der Waals surface area contributed by atoms with Gasteiger partial charge in [-0.25, -0.2) is 0 Å². The molecule has 0 heterocycles. The molecule has 0 aliphatic heterocycles. The maximum Gasteiger partial charge on any atom is 0.0700 e. The Morgan fingerprint density at radius 3 is 1.65 bits per heavy atom. The molecule has 0 aliphatic carbocycles. The fourth-order valence-electron chi connectivity index (χ4n) is 2.23. The average Bonchev–Trinajstić information content (AvgIpc) is 2.43. The summed E-state index contributed by atoms with van der Waals surface area (Å²) in [5.41, 5.74) is 0. The van der Waals surface area contributed by atoms with E-state index in [1.165, 1.54) is 64.2 Å². The predicted molar refractivity (Wildman–Crippen MR) is 88.3 cm³/mol. The highest BCUT2D eigenvalue weighted by atomic mass is 16.5. The molecule has 0 aromatic rings. The number of unbranched alkanes of at least 4 members (excludes halogenated alkanes) is 9. The molecule has 0 saturated carbocycles. The number of hydrogen-bond acceptors (Lipinski definition) is 2. The van der Waals surface area contributed by atoms with Crippen molar-refractivity contribution in [3.63, 3.8) is 0 Å². The lowest BCUT2D eigenvalue weighted by molar-refractivity contribution is 0.0365. The lowest BCUT2D eigenvalue weighted by Crippen LogP contribution is -2.09. The molecule has 0 aromatic heterocycles. The Kier molecular flexibility index (Phi) is 16.9. The molecule has 2 nitrogen and oxygen atoms in total. The largest absolute Gasteiger partial charge is 0.379 e. The second kappa shape index (κ2) is 17.0. The lowest BCUT2D eigenvalue weighted by Gasteiger charge is -2.07. The summed E-state index contributed by atoms with van der Waals surface area (Å²) >= 11 is 0. The zero-order valence-electron chi connectivity index (χ0n) is 14.3. The molecule has 0 radical (unpaired) electrons. The highest BCUT2D eigenvalue weighted by Crippen LogP contribution is 2.10. The van der Waals surface area contributed by atoms with Crippen LogP contribution in [0.15, 0.2) is 0 Å². The molecule has 0 unspecified atom stereocenters. The zero-order chi connectivity index (χ0) is 14.9. The van der Waals surface area contributed by atoms with E-state index in [9.17, 15) is 0 Å². The molecule has 0 bridgehead atoms. The Labute approximate surface area is 127 Å².